The van der Waals surface area contributed by atoms with Crippen molar-refractivity contribution in [2.24, 2.45) is 5.16 Å². The number of benzene rings is 2. The Hall–Kier alpha value is -2.95. The van der Waals surface area contributed by atoms with Crippen molar-refractivity contribution in [3.8, 4) is 5.75 Å². The second-order valence-electron chi connectivity index (χ2n) is 4.42. The quantitative estimate of drug-likeness (QED) is 0.453. The Labute approximate surface area is 121 Å². The first-order chi connectivity index (χ1) is 10.4. The maximum Gasteiger partial charge on any atom is 0.132 e. The topological polar surface area (TPSA) is 67.6 Å². The highest BCUT2D eigenvalue weighted by Crippen LogP contribution is 2.17. The normalized spacial score (nSPS) is 11.0. The van der Waals surface area contributed by atoms with E-state index in [-0.39, 0.29) is 0 Å². The lowest BCUT2D eigenvalue weighted by atomic mass is 10.2. The molecule has 0 atom stereocenters. The van der Waals surface area contributed by atoms with Crippen molar-refractivity contribution in [3.05, 3.63) is 66.0 Å². The molecule has 0 aliphatic carbocycles. The van der Waals surface area contributed by atoms with Gasteiger partial charge in [-0.2, -0.15) is 0 Å². The third-order valence-corrected chi connectivity index (χ3v) is 2.99. The summed E-state index contributed by atoms with van der Waals surface area (Å²) in [5.74, 6) is 0.630. The van der Waals surface area contributed by atoms with Crippen molar-refractivity contribution in [2.45, 2.75) is 6.61 Å². The molecule has 0 spiro atoms. The summed E-state index contributed by atoms with van der Waals surface area (Å²) in [5.41, 5.74) is 3.14. The van der Waals surface area contributed by atoms with Crippen molar-refractivity contribution >= 4 is 17.2 Å². The molecule has 5 heteroatoms. The number of oxime groups is 1. The van der Waals surface area contributed by atoms with E-state index in [4.69, 9.17) is 9.94 Å². The van der Waals surface area contributed by atoms with Gasteiger partial charge in [0.25, 0.3) is 0 Å². The Bertz CT molecular complexity index is 787. The minimum atomic E-state index is 0.300. The van der Waals surface area contributed by atoms with E-state index in [1.54, 1.807) is 12.3 Å². The maximum absolute atomic E-state index is 8.64. The van der Waals surface area contributed by atoms with Gasteiger partial charge in [0.05, 0.1) is 29.1 Å². The second-order valence-corrected chi connectivity index (χ2v) is 4.42. The van der Waals surface area contributed by atoms with Crippen molar-refractivity contribution < 1.29 is 9.94 Å². The fraction of sp³-hybridized carbons (Fsp3) is 0.0625. The summed E-state index contributed by atoms with van der Waals surface area (Å²) in [6, 6.07) is 15.0. The number of hydrogen-bond donors (Lipinski definition) is 1. The molecule has 0 unspecified atom stereocenters. The Kier molecular flexibility index (Phi) is 3.73. The molecule has 0 amide bonds. The van der Waals surface area contributed by atoms with Crippen LogP contribution in [0.2, 0.25) is 0 Å². The van der Waals surface area contributed by atoms with Crippen LogP contribution in [0.3, 0.4) is 0 Å². The lowest BCUT2D eigenvalue weighted by Crippen LogP contribution is -2.01. The molecular weight excluding hydrogens is 266 g/mol. The van der Waals surface area contributed by atoms with Crippen LogP contribution in [0, 0.1) is 0 Å². The van der Waals surface area contributed by atoms with Crippen LogP contribution in [0.1, 0.15) is 11.3 Å². The first kappa shape index (κ1) is 13.1. The molecule has 1 aromatic heterocycles. The molecule has 0 radical (unpaired) electrons. The van der Waals surface area contributed by atoms with Crippen molar-refractivity contribution in [1.29, 1.82) is 0 Å². The molecule has 3 aromatic rings. The molecule has 0 saturated carbocycles. The number of rotatable bonds is 4. The first-order valence-corrected chi connectivity index (χ1v) is 6.47. The van der Waals surface area contributed by atoms with Crippen molar-refractivity contribution in [3.63, 3.8) is 0 Å². The summed E-state index contributed by atoms with van der Waals surface area (Å²) >= 11 is 0. The number of fused-ring (bicyclic) bond motifs is 1. The zero-order valence-corrected chi connectivity index (χ0v) is 11.2. The van der Waals surface area contributed by atoms with Crippen LogP contribution < -0.4 is 4.74 Å². The van der Waals surface area contributed by atoms with E-state index in [2.05, 4.69) is 15.1 Å². The number of ether oxygens (including phenoxy) is 1. The van der Waals surface area contributed by atoms with Gasteiger partial charge in [-0.05, 0) is 24.3 Å². The van der Waals surface area contributed by atoms with Crippen LogP contribution >= 0.6 is 0 Å². The molecule has 2 aromatic carbocycles. The van der Waals surface area contributed by atoms with Crippen LogP contribution in [0.4, 0.5) is 0 Å². The minimum absolute atomic E-state index is 0.300. The predicted octanol–water partition coefficient (Wildman–Crippen LogP) is 3.02. The van der Waals surface area contributed by atoms with Crippen molar-refractivity contribution in [2.75, 3.05) is 0 Å². The van der Waals surface area contributed by atoms with Gasteiger partial charge in [0, 0.05) is 5.56 Å². The second kappa shape index (κ2) is 6.00. The van der Waals surface area contributed by atoms with Gasteiger partial charge >= 0.3 is 0 Å². The summed E-state index contributed by atoms with van der Waals surface area (Å²) in [6.45, 7) is 0.300. The lowest BCUT2D eigenvalue weighted by molar-refractivity contribution is 0.299. The van der Waals surface area contributed by atoms with Gasteiger partial charge in [-0.1, -0.05) is 29.4 Å². The smallest absolute Gasteiger partial charge is 0.132 e. The van der Waals surface area contributed by atoms with Crippen LogP contribution in [0.25, 0.3) is 11.0 Å². The molecule has 0 aliphatic heterocycles. The van der Waals surface area contributed by atoms with Crippen LogP contribution in [0.15, 0.2) is 59.9 Å². The van der Waals surface area contributed by atoms with Crippen molar-refractivity contribution in [1.82, 2.24) is 9.97 Å². The highest BCUT2D eigenvalue weighted by atomic mass is 16.5. The van der Waals surface area contributed by atoms with E-state index < -0.39 is 0 Å². The Balaban J connectivity index is 1.80. The Morgan fingerprint density at radius 2 is 1.81 bits per heavy atom. The minimum Gasteiger partial charge on any atom is -0.487 e. The molecular formula is C16H13N3O2. The molecule has 104 valence electrons. The van der Waals surface area contributed by atoms with Gasteiger partial charge < -0.3 is 9.94 Å². The summed E-state index contributed by atoms with van der Waals surface area (Å²) < 4.78 is 5.72. The first-order valence-electron chi connectivity index (χ1n) is 6.47. The molecule has 1 heterocycles. The SMILES string of the molecule is ON=Cc1ccccc1OCc1cnc2ccccc2n1. The summed E-state index contributed by atoms with van der Waals surface area (Å²) in [6.07, 6.45) is 3.03. The molecule has 5 nitrogen and oxygen atoms in total. The van der Waals surface area contributed by atoms with Gasteiger partial charge in [-0.25, -0.2) is 4.98 Å². The highest BCUT2D eigenvalue weighted by Gasteiger charge is 2.03. The fourth-order valence-electron chi connectivity index (χ4n) is 2.00. The van der Waals surface area contributed by atoms with Crippen LogP contribution in [0.5, 0.6) is 5.75 Å². The third-order valence-electron chi connectivity index (χ3n) is 2.99. The fourth-order valence-corrected chi connectivity index (χ4v) is 2.00. The van der Waals surface area contributed by atoms with Gasteiger partial charge in [-0.15, -0.1) is 0 Å². The van der Waals surface area contributed by atoms with E-state index in [1.807, 2.05) is 42.5 Å². The molecule has 0 bridgehead atoms. The molecule has 21 heavy (non-hydrogen) atoms. The van der Waals surface area contributed by atoms with Gasteiger partial charge in [0.1, 0.15) is 12.4 Å². The van der Waals surface area contributed by atoms with E-state index >= 15 is 0 Å². The third kappa shape index (κ3) is 2.97. The van der Waals surface area contributed by atoms with E-state index in [0.29, 0.717) is 17.9 Å². The lowest BCUT2D eigenvalue weighted by Gasteiger charge is -2.08. The number of hydrogen-bond acceptors (Lipinski definition) is 5. The van der Waals surface area contributed by atoms with Crippen LogP contribution in [-0.2, 0) is 6.61 Å². The largest absolute Gasteiger partial charge is 0.487 e. The number of para-hydroxylation sites is 3. The van der Waals surface area contributed by atoms with E-state index in [1.165, 1.54) is 6.21 Å². The number of nitrogens with zero attached hydrogens (tertiary/aromatic N) is 3. The summed E-state index contributed by atoms with van der Waals surface area (Å²) in [5, 5.41) is 11.7. The Morgan fingerprint density at radius 3 is 2.67 bits per heavy atom. The summed E-state index contributed by atoms with van der Waals surface area (Å²) in [7, 11) is 0. The van der Waals surface area contributed by atoms with E-state index in [9.17, 15) is 0 Å². The Morgan fingerprint density at radius 1 is 1.05 bits per heavy atom. The molecule has 0 saturated heterocycles. The highest BCUT2D eigenvalue weighted by molar-refractivity contribution is 5.82. The molecule has 0 aliphatic rings. The molecule has 3 rings (SSSR count). The number of aromatic nitrogens is 2. The molecule has 1 N–H and O–H groups in total. The predicted molar refractivity (Wildman–Crippen MR) is 79.7 cm³/mol. The maximum atomic E-state index is 8.64. The van der Waals surface area contributed by atoms with Gasteiger partial charge in [-0.3, -0.25) is 4.98 Å². The van der Waals surface area contributed by atoms with Gasteiger partial charge in [0.2, 0.25) is 0 Å². The standard InChI is InChI=1S/C16H13N3O2/c20-18-9-12-5-1-4-8-16(12)21-11-13-10-17-14-6-2-3-7-15(14)19-13/h1-10,20H,11H2. The van der Waals surface area contributed by atoms with Gasteiger partial charge in [0.15, 0.2) is 0 Å². The zero-order chi connectivity index (χ0) is 14.5. The zero-order valence-electron chi connectivity index (χ0n) is 11.2. The average Bonchev–Trinajstić information content (AvgIpc) is 2.54. The molecule has 0 fully saturated rings. The average molecular weight is 279 g/mol. The van der Waals surface area contributed by atoms with Crippen LogP contribution in [-0.4, -0.2) is 21.4 Å². The van der Waals surface area contributed by atoms with E-state index in [0.717, 1.165) is 16.7 Å². The summed E-state index contributed by atoms with van der Waals surface area (Å²) in [4.78, 5) is 8.84. The monoisotopic (exact) mass is 279 g/mol.